The predicted molar refractivity (Wildman–Crippen MR) is 101 cm³/mol. The zero-order chi connectivity index (χ0) is 18.4. The Morgan fingerprint density at radius 1 is 1.08 bits per heavy atom. The molecule has 1 N–H and O–H groups in total. The van der Waals surface area contributed by atoms with Crippen LogP contribution >= 0.6 is 0 Å². The van der Waals surface area contributed by atoms with Gasteiger partial charge in [0.2, 0.25) is 10.0 Å². The van der Waals surface area contributed by atoms with Crippen molar-refractivity contribution in [3.05, 3.63) is 59.4 Å². The van der Waals surface area contributed by atoms with Gasteiger partial charge in [-0.3, -0.25) is 0 Å². The summed E-state index contributed by atoms with van der Waals surface area (Å²) >= 11 is 0. The number of aromatic nitrogens is 2. The molecule has 0 atom stereocenters. The van der Waals surface area contributed by atoms with Gasteiger partial charge in [0.05, 0.1) is 6.61 Å². The summed E-state index contributed by atoms with van der Waals surface area (Å²) in [5.41, 5.74) is 0.854. The molecule has 2 aromatic rings. The molecule has 3 rings (SSSR count). The largest absolute Gasteiger partial charge is 0.396 e. The van der Waals surface area contributed by atoms with Crippen molar-refractivity contribution >= 4 is 21.9 Å². The number of hydrogen-bond acceptors (Lipinski definition) is 6. The Morgan fingerprint density at radius 2 is 1.81 bits per heavy atom. The van der Waals surface area contributed by atoms with E-state index >= 15 is 0 Å². The van der Waals surface area contributed by atoms with Crippen molar-refractivity contribution in [2.45, 2.75) is 6.42 Å². The molecule has 0 bridgehead atoms. The second-order valence-corrected chi connectivity index (χ2v) is 7.77. The molecule has 0 aliphatic carbocycles. The molecule has 2 heterocycles. The van der Waals surface area contributed by atoms with Gasteiger partial charge in [0, 0.05) is 44.2 Å². The monoisotopic (exact) mass is 374 g/mol. The highest BCUT2D eigenvalue weighted by atomic mass is 32.2. The Hall–Kier alpha value is -2.29. The molecule has 1 aromatic carbocycles. The van der Waals surface area contributed by atoms with Gasteiger partial charge in [-0.2, -0.15) is 4.31 Å². The van der Waals surface area contributed by atoms with Crippen molar-refractivity contribution in [1.29, 1.82) is 0 Å². The van der Waals surface area contributed by atoms with Crippen LogP contribution in [0.5, 0.6) is 0 Å². The number of aliphatic hydroxyl groups excluding tert-OH is 1. The van der Waals surface area contributed by atoms with E-state index in [9.17, 15) is 8.42 Å². The van der Waals surface area contributed by atoms with Crippen LogP contribution in [0.4, 0.5) is 5.82 Å². The Morgan fingerprint density at radius 3 is 2.50 bits per heavy atom. The first kappa shape index (κ1) is 18.5. The maximum Gasteiger partial charge on any atom is 0.236 e. The standard InChI is InChI=1S/C18H22N4O3S/c23-14-7-17-19-9-6-18(20-17)21-10-12-22(13-11-21)26(24,25)15-8-16-4-2-1-3-5-16/h1-6,8-9,15,23H,7,10-14H2/b15-8+. The summed E-state index contributed by atoms with van der Waals surface area (Å²) in [7, 11) is -3.44. The summed E-state index contributed by atoms with van der Waals surface area (Å²) in [6, 6.07) is 11.2. The number of sulfonamides is 1. The van der Waals surface area contributed by atoms with E-state index in [0.29, 0.717) is 38.4 Å². The van der Waals surface area contributed by atoms with Crippen molar-refractivity contribution in [3.8, 4) is 0 Å². The van der Waals surface area contributed by atoms with E-state index in [1.54, 1.807) is 18.3 Å². The van der Waals surface area contributed by atoms with Crippen LogP contribution < -0.4 is 4.90 Å². The first-order chi connectivity index (χ1) is 12.6. The van der Waals surface area contributed by atoms with Gasteiger partial charge < -0.3 is 10.0 Å². The second-order valence-electron chi connectivity index (χ2n) is 5.95. The Labute approximate surface area is 153 Å². The van der Waals surface area contributed by atoms with E-state index in [1.165, 1.54) is 9.71 Å². The molecular weight excluding hydrogens is 352 g/mol. The average Bonchev–Trinajstić information content (AvgIpc) is 2.68. The van der Waals surface area contributed by atoms with Crippen LogP contribution in [0.15, 0.2) is 48.0 Å². The zero-order valence-corrected chi connectivity index (χ0v) is 15.2. The third-order valence-electron chi connectivity index (χ3n) is 4.18. The van der Waals surface area contributed by atoms with Gasteiger partial charge in [-0.15, -0.1) is 0 Å². The lowest BCUT2D eigenvalue weighted by atomic mass is 10.2. The number of nitrogens with zero attached hydrogens (tertiary/aromatic N) is 4. The van der Waals surface area contributed by atoms with Crippen molar-refractivity contribution < 1.29 is 13.5 Å². The molecule has 8 heteroatoms. The normalized spacial score (nSPS) is 16.3. The molecular formula is C18H22N4O3S. The lowest BCUT2D eigenvalue weighted by molar-refractivity contribution is 0.296. The molecule has 138 valence electrons. The molecule has 1 aliphatic rings. The molecule has 0 radical (unpaired) electrons. The molecule has 1 aromatic heterocycles. The van der Waals surface area contributed by atoms with Gasteiger partial charge >= 0.3 is 0 Å². The van der Waals surface area contributed by atoms with Gasteiger partial charge in [0.1, 0.15) is 11.6 Å². The highest BCUT2D eigenvalue weighted by Crippen LogP contribution is 2.16. The molecule has 0 saturated carbocycles. The summed E-state index contributed by atoms with van der Waals surface area (Å²) in [6.45, 7) is 1.94. The number of benzene rings is 1. The van der Waals surface area contributed by atoms with E-state index in [-0.39, 0.29) is 6.61 Å². The van der Waals surface area contributed by atoms with Gasteiger partial charge in [-0.05, 0) is 17.7 Å². The number of anilines is 1. The topological polar surface area (TPSA) is 86.6 Å². The fourth-order valence-corrected chi connectivity index (χ4v) is 3.94. The third-order valence-corrected chi connectivity index (χ3v) is 5.75. The van der Waals surface area contributed by atoms with Crippen molar-refractivity contribution in [1.82, 2.24) is 14.3 Å². The summed E-state index contributed by atoms with van der Waals surface area (Å²) < 4.78 is 26.5. The highest BCUT2D eigenvalue weighted by molar-refractivity contribution is 7.92. The van der Waals surface area contributed by atoms with Gasteiger partial charge in [-0.1, -0.05) is 30.3 Å². The quantitative estimate of drug-likeness (QED) is 0.816. The van der Waals surface area contributed by atoms with Crippen LogP contribution in [0.3, 0.4) is 0 Å². The van der Waals surface area contributed by atoms with Crippen LogP contribution in [0.25, 0.3) is 6.08 Å². The molecule has 26 heavy (non-hydrogen) atoms. The average molecular weight is 374 g/mol. The van der Waals surface area contributed by atoms with E-state index in [1.807, 2.05) is 35.2 Å². The minimum Gasteiger partial charge on any atom is -0.396 e. The maximum absolute atomic E-state index is 12.5. The minimum absolute atomic E-state index is 0.00320. The highest BCUT2D eigenvalue weighted by Gasteiger charge is 2.25. The maximum atomic E-state index is 12.5. The van der Waals surface area contributed by atoms with Gasteiger partial charge in [-0.25, -0.2) is 18.4 Å². The van der Waals surface area contributed by atoms with Crippen molar-refractivity contribution in [3.63, 3.8) is 0 Å². The van der Waals surface area contributed by atoms with Crippen molar-refractivity contribution in [2.75, 3.05) is 37.7 Å². The molecule has 7 nitrogen and oxygen atoms in total. The molecule has 0 unspecified atom stereocenters. The van der Waals surface area contributed by atoms with Crippen LogP contribution in [0.2, 0.25) is 0 Å². The number of hydrogen-bond donors (Lipinski definition) is 1. The van der Waals surface area contributed by atoms with Crippen LogP contribution in [-0.2, 0) is 16.4 Å². The SMILES string of the molecule is O=S(=O)(/C=C/c1ccccc1)N1CCN(c2ccnc(CCO)n2)CC1. The smallest absolute Gasteiger partial charge is 0.236 e. The fourth-order valence-electron chi connectivity index (χ4n) is 2.77. The molecule has 1 aliphatic heterocycles. The lowest BCUT2D eigenvalue weighted by Gasteiger charge is -2.34. The first-order valence-electron chi connectivity index (χ1n) is 8.49. The van der Waals surface area contributed by atoms with Crippen LogP contribution in [0.1, 0.15) is 11.4 Å². The number of rotatable bonds is 6. The number of piperazine rings is 1. The summed E-state index contributed by atoms with van der Waals surface area (Å²) in [5.74, 6) is 1.35. The summed E-state index contributed by atoms with van der Waals surface area (Å²) in [5, 5.41) is 10.3. The summed E-state index contributed by atoms with van der Waals surface area (Å²) in [4.78, 5) is 10.6. The lowest BCUT2D eigenvalue weighted by Crippen LogP contribution is -2.48. The van der Waals surface area contributed by atoms with Crippen LogP contribution in [0, 0.1) is 0 Å². The van der Waals surface area contributed by atoms with E-state index in [4.69, 9.17) is 5.11 Å². The fraction of sp³-hybridized carbons (Fsp3) is 0.333. The van der Waals surface area contributed by atoms with E-state index in [0.717, 1.165) is 11.4 Å². The Kier molecular flexibility index (Phi) is 5.97. The minimum atomic E-state index is -3.44. The molecule has 1 fully saturated rings. The molecule has 1 saturated heterocycles. The second kappa shape index (κ2) is 8.39. The molecule has 0 spiro atoms. The third kappa shape index (κ3) is 4.66. The summed E-state index contributed by atoms with van der Waals surface area (Å²) in [6.07, 6.45) is 3.69. The molecule has 0 amide bonds. The Balaban J connectivity index is 1.62. The Bertz CT molecular complexity index is 848. The zero-order valence-electron chi connectivity index (χ0n) is 14.4. The van der Waals surface area contributed by atoms with Crippen molar-refractivity contribution in [2.24, 2.45) is 0 Å². The van der Waals surface area contributed by atoms with E-state index < -0.39 is 10.0 Å². The van der Waals surface area contributed by atoms with E-state index in [2.05, 4.69) is 9.97 Å². The number of aliphatic hydroxyl groups is 1. The first-order valence-corrected chi connectivity index (χ1v) is 10.00. The van der Waals surface area contributed by atoms with Gasteiger partial charge in [0.15, 0.2) is 0 Å². The van der Waals surface area contributed by atoms with Gasteiger partial charge in [0.25, 0.3) is 0 Å². The predicted octanol–water partition coefficient (Wildman–Crippen LogP) is 1.13. The van der Waals surface area contributed by atoms with Crippen LogP contribution in [-0.4, -0.2) is 60.6 Å².